The van der Waals surface area contributed by atoms with E-state index in [1.807, 2.05) is 19.9 Å². The molecule has 0 spiro atoms. The Morgan fingerprint density at radius 3 is 1.42 bits per heavy atom. The summed E-state index contributed by atoms with van der Waals surface area (Å²) in [5.74, 6) is 0.556. The minimum Gasteiger partial charge on any atom is -0.307 e. The second-order valence-electron chi connectivity index (χ2n) is 15.6. The van der Waals surface area contributed by atoms with Crippen molar-refractivity contribution in [1.29, 1.82) is 5.26 Å². The second kappa shape index (κ2) is 11.1. The lowest BCUT2D eigenvalue weighted by atomic mass is 9.86. The SMILES string of the molecule is Cc1cc(C)nc(-c2cc(-n3c4ccccc4c4ccc(C(C)(C)C)cc43)c(-n3c4ccccc4c4ccc(C(C)(C)C)cc43)cc2C#N)n1. The number of benzene rings is 5. The fourth-order valence-corrected chi connectivity index (χ4v) is 7.45. The summed E-state index contributed by atoms with van der Waals surface area (Å²) in [6.45, 7) is 17.5. The van der Waals surface area contributed by atoms with Crippen molar-refractivity contribution in [3.8, 4) is 28.8 Å². The van der Waals surface area contributed by atoms with Gasteiger partial charge in [0.25, 0.3) is 0 Å². The van der Waals surface area contributed by atoms with Gasteiger partial charge >= 0.3 is 0 Å². The Hall–Kier alpha value is -5.73. The van der Waals surface area contributed by atoms with Crippen LogP contribution >= 0.6 is 0 Å². The smallest absolute Gasteiger partial charge is 0.161 e. The van der Waals surface area contributed by atoms with E-state index in [0.29, 0.717) is 17.0 Å². The normalized spacial score (nSPS) is 12.4. The highest BCUT2D eigenvalue weighted by atomic mass is 15.1. The summed E-state index contributed by atoms with van der Waals surface area (Å²) in [4.78, 5) is 9.72. The molecule has 8 rings (SSSR count). The van der Waals surface area contributed by atoms with Gasteiger partial charge in [-0.1, -0.05) is 102 Å². The molecule has 5 nitrogen and oxygen atoms in total. The molecule has 3 heterocycles. The van der Waals surface area contributed by atoms with Crippen molar-refractivity contribution in [1.82, 2.24) is 19.1 Å². The van der Waals surface area contributed by atoms with Crippen LogP contribution in [0.2, 0.25) is 0 Å². The summed E-state index contributed by atoms with van der Waals surface area (Å²) >= 11 is 0. The van der Waals surface area contributed by atoms with Crippen molar-refractivity contribution >= 4 is 43.6 Å². The van der Waals surface area contributed by atoms with Gasteiger partial charge in [-0.25, -0.2) is 9.97 Å². The van der Waals surface area contributed by atoms with Crippen molar-refractivity contribution in [2.75, 3.05) is 0 Å². The summed E-state index contributed by atoms with van der Waals surface area (Å²) in [5, 5.41) is 15.5. The van der Waals surface area contributed by atoms with E-state index in [1.165, 1.54) is 32.7 Å². The van der Waals surface area contributed by atoms with Gasteiger partial charge in [-0.2, -0.15) is 5.26 Å². The molecule has 3 aromatic heterocycles. The van der Waals surface area contributed by atoms with Crippen LogP contribution in [0.1, 0.15) is 69.6 Å². The number of nitriles is 1. The maximum absolute atomic E-state index is 10.8. The number of rotatable bonds is 3. The van der Waals surface area contributed by atoms with Crippen LogP contribution in [0.25, 0.3) is 66.4 Å². The van der Waals surface area contributed by atoms with E-state index in [4.69, 9.17) is 9.97 Å². The van der Waals surface area contributed by atoms with Gasteiger partial charge in [0.1, 0.15) is 0 Å². The third kappa shape index (κ3) is 4.98. The first-order valence-electron chi connectivity index (χ1n) is 17.3. The van der Waals surface area contributed by atoms with E-state index in [0.717, 1.165) is 44.8 Å². The zero-order chi connectivity index (χ0) is 35.1. The molecule has 50 heavy (non-hydrogen) atoms. The Bertz CT molecular complexity index is 2680. The highest BCUT2D eigenvalue weighted by Crippen LogP contribution is 2.42. The van der Waals surface area contributed by atoms with E-state index in [9.17, 15) is 5.26 Å². The molecule has 0 atom stereocenters. The summed E-state index contributed by atoms with van der Waals surface area (Å²) in [7, 11) is 0. The minimum atomic E-state index is -0.0451. The quantitative estimate of drug-likeness (QED) is 0.191. The number of hydrogen-bond donors (Lipinski definition) is 0. The van der Waals surface area contributed by atoms with Gasteiger partial charge in [-0.15, -0.1) is 0 Å². The number of para-hydroxylation sites is 2. The first-order valence-corrected chi connectivity index (χ1v) is 17.3. The predicted octanol–water partition coefficient (Wildman–Crippen LogP) is 11.4. The number of hydrogen-bond acceptors (Lipinski definition) is 3. The number of aryl methyl sites for hydroxylation is 2. The molecule has 0 radical (unpaired) electrons. The first kappa shape index (κ1) is 31.5. The van der Waals surface area contributed by atoms with Crippen LogP contribution in [0.5, 0.6) is 0 Å². The highest BCUT2D eigenvalue weighted by Gasteiger charge is 2.25. The Balaban J connectivity index is 1.59. The molecule has 8 aromatic rings. The van der Waals surface area contributed by atoms with Crippen LogP contribution in [0.3, 0.4) is 0 Å². The number of nitrogens with zero attached hydrogens (tertiary/aromatic N) is 5. The van der Waals surface area contributed by atoms with Crippen LogP contribution in [-0.4, -0.2) is 19.1 Å². The molecule has 5 aromatic carbocycles. The molecular weight excluding hydrogens is 611 g/mol. The molecule has 0 unspecified atom stereocenters. The Morgan fingerprint density at radius 1 is 0.520 bits per heavy atom. The Labute approximate surface area is 293 Å². The van der Waals surface area contributed by atoms with Crippen LogP contribution in [0.4, 0.5) is 0 Å². The standard InChI is InChI=1S/C45H41N5/c1-27-21-28(2)48-43(47-27)36-25-42(50-38-16-12-10-14-33(38)35-20-18-31(24-40(35)50)45(6,7)8)41(22-29(36)26-46)49-37-15-11-9-13-32(37)34-19-17-30(23-39(34)49)44(3,4)5/h9-25H,1-8H3. The number of fused-ring (bicyclic) bond motifs is 6. The van der Waals surface area contributed by atoms with Crippen LogP contribution in [0, 0.1) is 25.2 Å². The lowest BCUT2D eigenvalue weighted by molar-refractivity contribution is 0.590. The van der Waals surface area contributed by atoms with E-state index in [-0.39, 0.29) is 10.8 Å². The van der Waals surface area contributed by atoms with Crippen molar-refractivity contribution < 1.29 is 0 Å². The predicted molar refractivity (Wildman–Crippen MR) is 208 cm³/mol. The monoisotopic (exact) mass is 651 g/mol. The van der Waals surface area contributed by atoms with E-state index >= 15 is 0 Å². The van der Waals surface area contributed by atoms with Gasteiger partial charge in [0.2, 0.25) is 0 Å². The van der Waals surface area contributed by atoms with E-state index in [1.54, 1.807) is 0 Å². The van der Waals surface area contributed by atoms with Gasteiger partial charge in [-0.3, -0.25) is 0 Å². The average Bonchev–Trinajstić information content (AvgIpc) is 3.58. The molecular formula is C45H41N5. The molecule has 0 amide bonds. The minimum absolute atomic E-state index is 0.0444. The molecule has 0 N–H and O–H groups in total. The van der Waals surface area contributed by atoms with Crippen LogP contribution in [0.15, 0.2) is 103 Å². The van der Waals surface area contributed by atoms with Crippen molar-refractivity contribution in [3.63, 3.8) is 0 Å². The van der Waals surface area contributed by atoms with Crippen molar-refractivity contribution in [2.24, 2.45) is 0 Å². The maximum Gasteiger partial charge on any atom is 0.161 e. The van der Waals surface area contributed by atoms with Gasteiger partial charge in [0.15, 0.2) is 5.82 Å². The summed E-state index contributed by atoms with van der Waals surface area (Å²) in [6.07, 6.45) is 0. The molecule has 0 aliphatic carbocycles. The summed E-state index contributed by atoms with van der Waals surface area (Å²) < 4.78 is 4.74. The molecule has 5 heteroatoms. The van der Waals surface area contributed by atoms with Gasteiger partial charge in [-0.05, 0) is 78.3 Å². The number of aromatic nitrogens is 4. The van der Waals surface area contributed by atoms with E-state index in [2.05, 4.69) is 154 Å². The lowest BCUT2D eigenvalue weighted by Crippen LogP contribution is -2.12. The maximum atomic E-state index is 10.8. The highest BCUT2D eigenvalue weighted by molar-refractivity contribution is 6.12. The third-order valence-corrected chi connectivity index (χ3v) is 10.0. The Kier molecular flexibility index (Phi) is 7.03. The fraction of sp³-hybridized carbons (Fsp3) is 0.222. The van der Waals surface area contributed by atoms with Gasteiger partial charge in [0.05, 0.1) is 45.1 Å². The second-order valence-corrected chi connectivity index (χ2v) is 15.6. The molecule has 0 fully saturated rings. The molecule has 0 saturated carbocycles. The Morgan fingerprint density at radius 2 is 0.960 bits per heavy atom. The summed E-state index contributed by atoms with van der Waals surface area (Å²) in [5.41, 5.74) is 11.7. The zero-order valence-electron chi connectivity index (χ0n) is 30.1. The average molecular weight is 652 g/mol. The third-order valence-electron chi connectivity index (χ3n) is 10.0. The first-order chi connectivity index (χ1) is 23.8. The van der Waals surface area contributed by atoms with Crippen LogP contribution in [-0.2, 0) is 10.8 Å². The molecule has 0 bridgehead atoms. The van der Waals surface area contributed by atoms with Crippen LogP contribution < -0.4 is 0 Å². The summed E-state index contributed by atoms with van der Waals surface area (Å²) in [6, 6.07) is 39.6. The topological polar surface area (TPSA) is 59.4 Å². The van der Waals surface area contributed by atoms with Crippen molar-refractivity contribution in [3.05, 3.63) is 131 Å². The van der Waals surface area contributed by atoms with E-state index < -0.39 is 0 Å². The molecule has 0 aliphatic heterocycles. The fourth-order valence-electron chi connectivity index (χ4n) is 7.45. The lowest BCUT2D eigenvalue weighted by Gasteiger charge is -2.22. The molecule has 246 valence electrons. The largest absolute Gasteiger partial charge is 0.307 e. The van der Waals surface area contributed by atoms with Gasteiger partial charge < -0.3 is 9.13 Å². The van der Waals surface area contributed by atoms with Gasteiger partial charge in [0, 0.05) is 38.5 Å². The van der Waals surface area contributed by atoms with Crippen molar-refractivity contribution in [2.45, 2.75) is 66.2 Å². The zero-order valence-corrected chi connectivity index (χ0v) is 30.1. The molecule has 0 saturated heterocycles. The molecule has 0 aliphatic rings.